The van der Waals surface area contributed by atoms with Crippen LogP contribution < -0.4 is 5.73 Å². The molecule has 0 fully saturated rings. The van der Waals surface area contributed by atoms with E-state index in [0.29, 0.717) is 5.69 Å². The van der Waals surface area contributed by atoms with Gasteiger partial charge in [-0.05, 0) is 0 Å². The molecule has 1 unspecified atom stereocenters. The molecule has 0 aromatic carbocycles. The molecular weight excluding hydrogens is 218 g/mol. The van der Waals surface area contributed by atoms with Gasteiger partial charge in [0, 0.05) is 5.38 Å². The van der Waals surface area contributed by atoms with Crippen LogP contribution in [-0.4, -0.2) is 22.0 Å². The number of hydrogen-bond acceptors (Lipinski definition) is 5. The normalized spacial score (nSPS) is 11.7. The average molecular weight is 225 g/mol. The highest BCUT2D eigenvalue weighted by Crippen LogP contribution is 2.19. The van der Waals surface area contributed by atoms with Crippen LogP contribution in [0.5, 0.6) is 0 Å². The summed E-state index contributed by atoms with van der Waals surface area (Å²) in [6.45, 7) is 0. The zero-order valence-corrected chi connectivity index (χ0v) is 8.32. The van der Waals surface area contributed by atoms with Gasteiger partial charge in [0.2, 0.25) is 5.91 Å². The Kier molecular flexibility index (Phi) is 3.36. The maximum atomic E-state index is 10.8. The number of thiazole rings is 1. The number of aromatic nitrogens is 1. The van der Waals surface area contributed by atoms with E-state index >= 15 is 0 Å². The zero-order chi connectivity index (χ0) is 11.4. The van der Waals surface area contributed by atoms with Crippen LogP contribution >= 0.6 is 11.3 Å². The topological polar surface area (TPSA) is 117 Å². The third kappa shape index (κ3) is 2.75. The van der Waals surface area contributed by atoms with Gasteiger partial charge in [0.25, 0.3) is 0 Å². The van der Waals surface area contributed by atoms with Crippen molar-refractivity contribution in [3.8, 4) is 6.07 Å². The standard InChI is InChI=1S/C8H7N3O3S/c9-2-5(7(10)14)8-11-4(3-15-8)1-6(12)13/h3,5H,1H2,(H2,10,14)(H,12,13). The summed E-state index contributed by atoms with van der Waals surface area (Å²) in [5.74, 6) is -2.90. The predicted molar refractivity (Wildman–Crippen MR) is 51.0 cm³/mol. The second-order valence-electron chi connectivity index (χ2n) is 2.71. The fourth-order valence-electron chi connectivity index (χ4n) is 0.932. The van der Waals surface area contributed by atoms with Crippen molar-refractivity contribution < 1.29 is 14.7 Å². The Balaban J connectivity index is 2.88. The zero-order valence-electron chi connectivity index (χ0n) is 7.51. The van der Waals surface area contributed by atoms with Gasteiger partial charge in [-0.15, -0.1) is 11.3 Å². The van der Waals surface area contributed by atoms with E-state index in [-0.39, 0.29) is 11.4 Å². The number of nitrogens with zero attached hydrogens (tertiary/aromatic N) is 2. The van der Waals surface area contributed by atoms with Crippen LogP contribution in [0.25, 0.3) is 0 Å². The first-order valence-electron chi connectivity index (χ1n) is 3.89. The van der Waals surface area contributed by atoms with Crippen molar-refractivity contribution in [3.05, 3.63) is 16.1 Å². The quantitative estimate of drug-likeness (QED) is 0.739. The number of rotatable bonds is 4. The van der Waals surface area contributed by atoms with Crippen molar-refractivity contribution in [1.82, 2.24) is 4.98 Å². The Morgan fingerprint density at radius 2 is 2.40 bits per heavy atom. The third-order valence-corrected chi connectivity index (χ3v) is 2.52. The van der Waals surface area contributed by atoms with Crippen molar-refractivity contribution in [3.63, 3.8) is 0 Å². The lowest BCUT2D eigenvalue weighted by molar-refractivity contribution is -0.136. The highest BCUT2D eigenvalue weighted by atomic mass is 32.1. The Bertz CT molecular complexity index is 435. The van der Waals surface area contributed by atoms with Crippen molar-refractivity contribution in [2.45, 2.75) is 12.3 Å². The molecular formula is C8H7N3O3S. The molecule has 0 aliphatic heterocycles. The molecule has 1 amide bonds. The molecule has 1 aromatic heterocycles. The highest BCUT2D eigenvalue weighted by Gasteiger charge is 2.21. The molecule has 3 N–H and O–H groups in total. The van der Waals surface area contributed by atoms with Gasteiger partial charge in [0.05, 0.1) is 18.2 Å². The number of nitrogens with two attached hydrogens (primary N) is 1. The molecule has 0 radical (unpaired) electrons. The summed E-state index contributed by atoms with van der Waals surface area (Å²) in [5.41, 5.74) is 5.30. The molecule has 0 aliphatic carbocycles. The van der Waals surface area contributed by atoms with Crippen LogP contribution in [0.1, 0.15) is 16.6 Å². The summed E-state index contributed by atoms with van der Waals surface area (Å²) in [4.78, 5) is 25.0. The second-order valence-corrected chi connectivity index (χ2v) is 3.60. The van der Waals surface area contributed by atoms with Crippen LogP contribution in [-0.2, 0) is 16.0 Å². The third-order valence-electron chi connectivity index (χ3n) is 1.56. The van der Waals surface area contributed by atoms with E-state index in [0.717, 1.165) is 11.3 Å². The predicted octanol–water partition coefficient (Wildman–Crippen LogP) is -0.137. The number of carboxylic acid groups (broad SMARTS) is 1. The van der Waals surface area contributed by atoms with E-state index in [4.69, 9.17) is 16.1 Å². The Morgan fingerprint density at radius 1 is 1.73 bits per heavy atom. The number of aliphatic carboxylic acids is 1. The monoisotopic (exact) mass is 225 g/mol. The minimum Gasteiger partial charge on any atom is -0.481 e. The minimum absolute atomic E-state index is 0.229. The van der Waals surface area contributed by atoms with E-state index in [1.807, 2.05) is 0 Å². The molecule has 1 heterocycles. The van der Waals surface area contributed by atoms with Gasteiger partial charge < -0.3 is 10.8 Å². The van der Waals surface area contributed by atoms with Crippen LogP contribution in [0.2, 0.25) is 0 Å². The summed E-state index contributed by atoms with van der Waals surface area (Å²) in [5, 5.41) is 18.9. The second kappa shape index (κ2) is 4.52. The van der Waals surface area contributed by atoms with Crippen LogP contribution in [0.4, 0.5) is 0 Å². The lowest BCUT2D eigenvalue weighted by atomic mass is 10.2. The van der Waals surface area contributed by atoms with Gasteiger partial charge >= 0.3 is 5.97 Å². The largest absolute Gasteiger partial charge is 0.481 e. The first-order valence-corrected chi connectivity index (χ1v) is 4.77. The lowest BCUT2D eigenvalue weighted by Gasteiger charge is -1.97. The number of primary amides is 1. The molecule has 0 spiro atoms. The summed E-state index contributed by atoms with van der Waals surface area (Å²) < 4.78 is 0. The molecule has 6 nitrogen and oxygen atoms in total. The van der Waals surface area contributed by atoms with Gasteiger partial charge in [0.1, 0.15) is 5.01 Å². The Hall–Kier alpha value is -1.94. The van der Waals surface area contributed by atoms with Gasteiger partial charge in [0.15, 0.2) is 5.92 Å². The summed E-state index contributed by atoms with van der Waals surface area (Å²) in [7, 11) is 0. The molecule has 7 heteroatoms. The van der Waals surface area contributed by atoms with Crippen molar-refractivity contribution >= 4 is 23.2 Å². The maximum Gasteiger partial charge on any atom is 0.309 e. The number of nitriles is 1. The molecule has 1 rings (SSSR count). The minimum atomic E-state index is -1.10. The molecule has 0 aliphatic rings. The molecule has 0 saturated heterocycles. The molecule has 0 saturated carbocycles. The molecule has 1 aromatic rings. The number of carboxylic acids is 1. The summed E-state index contributed by atoms with van der Waals surface area (Å²) >= 11 is 1.05. The van der Waals surface area contributed by atoms with E-state index in [1.165, 1.54) is 5.38 Å². The van der Waals surface area contributed by atoms with Crippen LogP contribution in [0.15, 0.2) is 5.38 Å². The van der Waals surface area contributed by atoms with Crippen molar-refractivity contribution in [2.75, 3.05) is 0 Å². The van der Waals surface area contributed by atoms with Gasteiger partial charge in [-0.3, -0.25) is 9.59 Å². The van der Waals surface area contributed by atoms with Crippen molar-refractivity contribution in [1.29, 1.82) is 5.26 Å². The molecule has 1 atom stereocenters. The smallest absolute Gasteiger partial charge is 0.309 e. The van der Waals surface area contributed by atoms with Gasteiger partial charge in [-0.1, -0.05) is 0 Å². The maximum absolute atomic E-state index is 10.8. The fourth-order valence-corrected chi connectivity index (χ4v) is 1.80. The van der Waals surface area contributed by atoms with Gasteiger partial charge in [-0.25, -0.2) is 4.98 Å². The van der Waals surface area contributed by atoms with E-state index in [2.05, 4.69) is 4.98 Å². The van der Waals surface area contributed by atoms with Crippen LogP contribution in [0, 0.1) is 11.3 Å². The van der Waals surface area contributed by atoms with Crippen LogP contribution in [0.3, 0.4) is 0 Å². The highest BCUT2D eigenvalue weighted by molar-refractivity contribution is 7.10. The summed E-state index contributed by atoms with van der Waals surface area (Å²) in [6.07, 6.45) is -0.229. The summed E-state index contributed by atoms with van der Waals surface area (Å²) in [6, 6.07) is 1.71. The molecule has 78 valence electrons. The number of carbonyl (C=O) groups excluding carboxylic acids is 1. The Labute approximate surface area is 89.0 Å². The van der Waals surface area contributed by atoms with Gasteiger partial charge in [-0.2, -0.15) is 5.26 Å². The van der Waals surface area contributed by atoms with E-state index in [1.54, 1.807) is 6.07 Å². The number of carbonyl (C=O) groups is 2. The fraction of sp³-hybridized carbons (Fsp3) is 0.250. The average Bonchev–Trinajstić information content (AvgIpc) is 2.52. The number of hydrogen-bond donors (Lipinski definition) is 2. The van der Waals surface area contributed by atoms with E-state index in [9.17, 15) is 9.59 Å². The SMILES string of the molecule is N#CC(C(N)=O)c1nc(CC(=O)O)cs1. The first-order chi connectivity index (χ1) is 7.04. The molecule has 0 bridgehead atoms. The lowest BCUT2D eigenvalue weighted by Crippen LogP contribution is -2.19. The Morgan fingerprint density at radius 3 is 2.87 bits per heavy atom. The number of amides is 1. The van der Waals surface area contributed by atoms with Crippen molar-refractivity contribution in [2.24, 2.45) is 5.73 Å². The van der Waals surface area contributed by atoms with E-state index < -0.39 is 17.8 Å². The first kappa shape index (κ1) is 11.1. The molecule has 15 heavy (non-hydrogen) atoms.